The molecule has 0 unspecified atom stereocenters. The van der Waals surface area contributed by atoms with Crippen LogP contribution in [0.25, 0.3) is 0 Å². The van der Waals surface area contributed by atoms with Crippen molar-refractivity contribution >= 4 is 11.7 Å². The van der Waals surface area contributed by atoms with Crippen molar-refractivity contribution in [1.82, 2.24) is 14.8 Å². The normalized spacial score (nSPS) is 10.6. The highest BCUT2D eigenvalue weighted by molar-refractivity contribution is 5.84. The smallest absolute Gasteiger partial charge is 0.377 e. The summed E-state index contributed by atoms with van der Waals surface area (Å²) in [6.07, 6.45) is 1.26. The molecule has 122 valence electrons. The highest BCUT2D eigenvalue weighted by Crippen LogP contribution is 2.26. The van der Waals surface area contributed by atoms with Gasteiger partial charge in [-0.3, -0.25) is 10.1 Å². The maximum Gasteiger partial charge on any atom is 0.377 e. The summed E-state index contributed by atoms with van der Waals surface area (Å²) in [5.41, 5.74) is 0.513. The number of carbonyl (C=O) groups excluding carboxylic acids is 1. The second-order valence-corrected chi connectivity index (χ2v) is 4.97. The van der Waals surface area contributed by atoms with Gasteiger partial charge in [0.15, 0.2) is 0 Å². The summed E-state index contributed by atoms with van der Waals surface area (Å²) in [7, 11) is 1.23. The van der Waals surface area contributed by atoms with E-state index >= 15 is 0 Å². The van der Waals surface area contributed by atoms with Gasteiger partial charge in [0, 0.05) is 17.7 Å². The van der Waals surface area contributed by atoms with Crippen molar-refractivity contribution in [3.8, 4) is 5.75 Å². The molecule has 0 bridgehead atoms. The molecular weight excluding hydrogens is 304 g/mol. The first-order valence-corrected chi connectivity index (χ1v) is 6.82. The number of methoxy groups -OCH3 is 1. The number of benzene rings is 1. The number of carbonyl (C=O) groups is 1. The number of rotatable bonds is 6. The van der Waals surface area contributed by atoms with E-state index in [4.69, 9.17) is 4.74 Å². The predicted octanol–water partition coefficient (Wildman–Crippen LogP) is 1.81. The van der Waals surface area contributed by atoms with Crippen LogP contribution in [-0.4, -0.2) is 38.9 Å². The second kappa shape index (κ2) is 6.86. The molecule has 0 saturated heterocycles. The Morgan fingerprint density at radius 1 is 1.43 bits per heavy atom. The topological polar surface area (TPSA) is 109 Å². The fourth-order valence-corrected chi connectivity index (χ4v) is 1.90. The van der Waals surface area contributed by atoms with E-state index in [0.29, 0.717) is 11.3 Å². The Kier molecular flexibility index (Phi) is 4.89. The zero-order chi connectivity index (χ0) is 17.0. The molecule has 0 saturated carbocycles. The van der Waals surface area contributed by atoms with Crippen LogP contribution in [0.15, 0.2) is 24.5 Å². The third-order valence-corrected chi connectivity index (χ3v) is 2.85. The Labute approximate surface area is 132 Å². The Morgan fingerprint density at radius 2 is 2.17 bits per heavy atom. The molecule has 9 nitrogen and oxygen atoms in total. The lowest BCUT2D eigenvalue weighted by atomic mass is 10.1. The molecule has 9 heteroatoms. The maximum atomic E-state index is 11.4. The summed E-state index contributed by atoms with van der Waals surface area (Å²) >= 11 is 0. The van der Waals surface area contributed by atoms with Gasteiger partial charge in [0.1, 0.15) is 12.1 Å². The summed E-state index contributed by atoms with van der Waals surface area (Å²) in [5.74, 6) is -0.216. The van der Waals surface area contributed by atoms with Crippen molar-refractivity contribution in [3.63, 3.8) is 0 Å². The predicted molar refractivity (Wildman–Crippen MR) is 79.3 cm³/mol. The Morgan fingerprint density at radius 3 is 2.78 bits per heavy atom. The number of esters is 1. The Hall–Kier alpha value is -2.97. The van der Waals surface area contributed by atoms with E-state index in [-0.39, 0.29) is 24.2 Å². The van der Waals surface area contributed by atoms with Crippen LogP contribution in [0.5, 0.6) is 5.75 Å². The lowest BCUT2D eigenvalue weighted by molar-refractivity contribution is -0.384. The molecule has 0 aliphatic heterocycles. The van der Waals surface area contributed by atoms with Gasteiger partial charge in [-0.1, -0.05) is 0 Å². The van der Waals surface area contributed by atoms with Crippen LogP contribution in [0, 0.1) is 10.1 Å². The molecule has 1 heterocycles. The van der Waals surface area contributed by atoms with E-state index in [1.54, 1.807) is 6.07 Å². The Balaban J connectivity index is 2.32. The van der Waals surface area contributed by atoms with Gasteiger partial charge < -0.3 is 9.47 Å². The minimum Gasteiger partial charge on any atom is -0.491 e. The first-order valence-electron chi connectivity index (χ1n) is 6.82. The molecule has 0 spiro atoms. The van der Waals surface area contributed by atoms with Gasteiger partial charge in [-0.05, 0) is 19.9 Å². The molecule has 0 aliphatic carbocycles. The number of hydrogen-bond acceptors (Lipinski definition) is 7. The third-order valence-electron chi connectivity index (χ3n) is 2.85. The van der Waals surface area contributed by atoms with Crippen molar-refractivity contribution in [1.29, 1.82) is 0 Å². The molecule has 0 atom stereocenters. The van der Waals surface area contributed by atoms with Gasteiger partial charge in [-0.25, -0.2) is 14.5 Å². The monoisotopic (exact) mass is 320 g/mol. The number of aromatic nitrogens is 3. The van der Waals surface area contributed by atoms with Crippen LogP contribution < -0.4 is 4.74 Å². The van der Waals surface area contributed by atoms with Gasteiger partial charge in [0.05, 0.1) is 24.7 Å². The van der Waals surface area contributed by atoms with Gasteiger partial charge in [0.25, 0.3) is 11.5 Å². The molecule has 1 aromatic carbocycles. The fraction of sp³-hybridized carbons (Fsp3) is 0.357. The lowest BCUT2D eigenvalue weighted by Gasteiger charge is -2.14. The van der Waals surface area contributed by atoms with E-state index in [1.165, 1.54) is 30.3 Å². The van der Waals surface area contributed by atoms with Gasteiger partial charge in [-0.2, -0.15) is 0 Å². The van der Waals surface area contributed by atoms with Gasteiger partial charge in [0.2, 0.25) is 0 Å². The van der Waals surface area contributed by atoms with Crippen LogP contribution in [0.2, 0.25) is 0 Å². The summed E-state index contributed by atoms with van der Waals surface area (Å²) in [4.78, 5) is 25.7. The average Bonchev–Trinajstić information content (AvgIpc) is 2.96. The zero-order valence-electron chi connectivity index (χ0n) is 12.9. The van der Waals surface area contributed by atoms with Crippen molar-refractivity contribution in [2.24, 2.45) is 0 Å². The fourth-order valence-electron chi connectivity index (χ4n) is 1.90. The first-order chi connectivity index (χ1) is 10.9. The van der Waals surface area contributed by atoms with E-state index in [9.17, 15) is 14.9 Å². The van der Waals surface area contributed by atoms with Crippen molar-refractivity contribution in [2.75, 3.05) is 7.11 Å². The van der Waals surface area contributed by atoms with Crippen molar-refractivity contribution in [2.45, 2.75) is 26.5 Å². The van der Waals surface area contributed by atoms with Crippen molar-refractivity contribution < 1.29 is 19.2 Å². The van der Waals surface area contributed by atoms with Gasteiger partial charge in [-0.15, -0.1) is 5.10 Å². The van der Waals surface area contributed by atoms with Gasteiger partial charge >= 0.3 is 5.97 Å². The minimum absolute atomic E-state index is 0.0515. The third kappa shape index (κ3) is 4.02. The van der Waals surface area contributed by atoms with Crippen molar-refractivity contribution in [3.05, 3.63) is 46.0 Å². The second-order valence-electron chi connectivity index (χ2n) is 4.97. The number of ether oxygens (including phenoxy) is 2. The molecule has 2 rings (SSSR count). The summed E-state index contributed by atoms with van der Waals surface area (Å²) in [5, 5.41) is 14.9. The summed E-state index contributed by atoms with van der Waals surface area (Å²) in [6.45, 7) is 3.89. The average molecular weight is 320 g/mol. The number of nitro benzene ring substituents is 1. The largest absolute Gasteiger partial charge is 0.491 e. The number of hydrogen-bond donors (Lipinski definition) is 0. The van der Waals surface area contributed by atoms with Crippen LogP contribution in [0.4, 0.5) is 5.69 Å². The van der Waals surface area contributed by atoms with Crippen LogP contribution in [-0.2, 0) is 11.3 Å². The molecular formula is C14H16N4O5. The number of nitro groups is 1. The molecule has 0 radical (unpaired) electrons. The summed E-state index contributed by atoms with van der Waals surface area (Å²) < 4.78 is 11.6. The molecule has 0 fully saturated rings. The first kappa shape index (κ1) is 16.4. The van der Waals surface area contributed by atoms with Crippen LogP contribution in [0.1, 0.15) is 30.0 Å². The highest BCUT2D eigenvalue weighted by atomic mass is 16.6. The van der Waals surface area contributed by atoms with E-state index in [2.05, 4.69) is 14.8 Å². The highest BCUT2D eigenvalue weighted by Gasteiger charge is 2.16. The molecule has 23 heavy (non-hydrogen) atoms. The molecule has 2 aromatic rings. The van der Waals surface area contributed by atoms with Crippen LogP contribution in [0.3, 0.4) is 0 Å². The van der Waals surface area contributed by atoms with E-state index in [1.807, 2.05) is 13.8 Å². The minimum atomic E-state index is -0.651. The molecule has 0 aliphatic rings. The SMILES string of the molecule is COC(=O)c1ncn(Cc2cc([N+](=O)[O-])ccc2OC(C)C)n1. The molecule has 0 amide bonds. The van der Waals surface area contributed by atoms with Crippen LogP contribution >= 0.6 is 0 Å². The molecule has 0 N–H and O–H groups in total. The lowest BCUT2D eigenvalue weighted by Crippen LogP contribution is -2.11. The maximum absolute atomic E-state index is 11.4. The number of non-ortho nitro benzene ring substituents is 1. The molecule has 1 aromatic heterocycles. The zero-order valence-corrected chi connectivity index (χ0v) is 12.9. The standard InChI is InChI=1S/C14H16N4O5/c1-9(2)23-12-5-4-11(18(20)21)6-10(12)7-17-8-15-13(16-17)14(19)22-3/h4-6,8-9H,7H2,1-3H3. The van der Waals surface area contributed by atoms with E-state index < -0.39 is 10.9 Å². The Bertz CT molecular complexity index is 726. The quantitative estimate of drug-likeness (QED) is 0.453. The van der Waals surface area contributed by atoms with E-state index in [0.717, 1.165) is 0 Å². The summed E-state index contributed by atoms with van der Waals surface area (Å²) in [6, 6.07) is 4.34. The number of nitrogens with zero attached hydrogens (tertiary/aromatic N) is 4.